The molecule has 0 spiro atoms. The van der Waals surface area contributed by atoms with E-state index in [1.807, 2.05) is 13.0 Å². The molecule has 0 aliphatic rings. The quantitative estimate of drug-likeness (QED) is 0.860. The largest absolute Gasteiger partial charge is 0.375 e. The van der Waals surface area contributed by atoms with Crippen LogP contribution < -0.4 is 10.9 Å². The second kappa shape index (κ2) is 5.01. The summed E-state index contributed by atoms with van der Waals surface area (Å²) in [5.41, 5.74) is 2.09. The second-order valence-corrected chi connectivity index (χ2v) is 4.06. The summed E-state index contributed by atoms with van der Waals surface area (Å²) in [5.74, 6) is -0.230. The fourth-order valence-electron chi connectivity index (χ4n) is 1.84. The number of rotatable bonds is 3. The number of benzene rings is 1. The molecule has 5 nitrogen and oxygen atoms in total. The smallest absolute Gasteiger partial charge is 0.250 e. The van der Waals surface area contributed by atoms with Crippen molar-refractivity contribution in [2.75, 3.05) is 19.0 Å². The fraction of sp³-hybridized carbons (Fsp3) is 0.231. The molecule has 1 aromatic heterocycles. The zero-order valence-corrected chi connectivity index (χ0v) is 10.2. The van der Waals surface area contributed by atoms with Gasteiger partial charge in [-0.1, -0.05) is 6.07 Å². The van der Waals surface area contributed by atoms with Gasteiger partial charge in [-0.15, -0.1) is 0 Å². The third-order valence-corrected chi connectivity index (χ3v) is 2.61. The Kier molecular flexibility index (Phi) is 3.43. The van der Waals surface area contributed by atoms with Crippen LogP contribution in [0.25, 0.3) is 10.9 Å². The number of H-pyrrole nitrogens is 1. The molecule has 0 aliphatic heterocycles. The Hall–Kier alpha value is -2.14. The minimum Gasteiger partial charge on any atom is -0.375 e. The molecule has 2 N–H and O–H groups in total. The zero-order chi connectivity index (χ0) is 13.1. The highest BCUT2D eigenvalue weighted by molar-refractivity contribution is 5.94. The molecule has 0 saturated heterocycles. The lowest BCUT2D eigenvalue weighted by molar-refractivity contribution is -0.119. The molecule has 0 saturated carbocycles. The Morgan fingerprint density at radius 3 is 2.89 bits per heavy atom. The van der Waals surface area contributed by atoms with Crippen molar-refractivity contribution in [2.45, 2.75) is 6.92 Å². The molecule has 0 bridgehead atoms. The Morgan fingerprint density at radius 2 is 2.17 bits per heavy atom. The van der Waals surface area contributed by atoms with Gasteiger partial charge in [-0.25, -0.2) is 0 Å². The minimum atomic E-state index is -0.230. The van der Waals surface area contributed by atoms with Crippen molar-refractivity contribution in [3.63, 3.8) is 0 Å². The van der Waals surface area contributed by atoms with Gasteiger partial charge in [0, 0.05) is 24.2 Å². The maximum atomic E-state index is 11.4. The third-order valence-electron chi connectivity index (χ3n) is 2.61. The van der Waals surface area contributed by atoms with Crippen molar-refractivity contribution in [3.8, 4) is 0 Å². The summed E-state index contributed by atoms with van der Waals surface area (Å²) >= 11 is 0. The maximum absolute atomic E-state index is 11.4. The average molecular weight is 246 g/mol. The number of hydrogen-bond donors (Lipinski definition) is 2. The molecule has 0 aliphatic carbocycles. The van der Waals surface area contributed by atoms with Gasteiger partial charge in [0.1, 0.15) is 6.61 Å². The number of hydrogen-bond acceptors (Lipinski definition) is 3. The number of anilines is 1. The van der Waals surface area contributed by atoms with Gasteiger partial charge in [0.2, 0.25) is 11.5 Å². The topological polar surface area (TPSA) is 71.2 Å². The Balaban J connectivity index is 2.38. The van der Waals surface area contributed by atoms with E-state index in [1.165, 1.54) is 7.11 Å². The molecule has 0 unspecified atom stereocenters. The van der Waals surface area contributed by atoms with Gasteiger partial charge in [0.05, 0.1) is 5.52 Å². The van der Waals surface area contributed by atoms with Crippen LogP contribution >= 0.6 is 0 Å². The summed E-state index contributed by atoms with van der Waals surface area (Å²) in [6, 6.07) is 6.94. The van der Waals surface area contributed by atoms with Crippen molar-refractivity contribution in [2.24, 2.45) is 0 Å². The summed E-state index contributed by atoms with van der Waals surface area (Å²) < 4.78 is 4.73. The SMILES string of the molecule is COCC(=O)Nc1ccc2c(C)cc(=O)[nH]c2c1. The van der Waals surface area contributed by atoms with E-state index >= 15 is 0 Å². The van der Waals surface area contributed by atoms with Crippen molar-refractivity contribution in [1.29, 1.82) is 0 Å². The number of carbonyl (C=O) groups excluding carboxylic acids is 1. The lowest BCUT2D eigenvalue weighted by Crippen LogP contribution is -2.17. The molecule has 94 valence electrons. The second-order valence-electron chi connectivity index (χ2n) is 4.06. The standard InChI is InChI=1S/C13H14N2O3/c1-8-5-12(16)15-11-6-9(3-4-10(8)11)14-13(17)7-18-2/h3-6H,7H2,1-2H3,(H,14,17)(H,15,16). The summed E-state index contributed by atoms with van der Waals surface area (Å²) in [4.78, 5) is 25.5. The molecule has 0 radical (unpaired) electrons. The summed E-state index contributed by atoms with van der Waals surface area (Å²) in [7, 11) is 1.46. The van der Waals surface area contributed by atoms with E-state index in [9.17, 15) is 9.59 Å². The van der Waals surface area contributed by atoms with Crippen LogP contribution in [-0.4, -0.2) is 24.6 Å². The van der Waals surface area contributed by atoms with Crippen molar-refractivity contribution >= 4 is 22.5 Å². The number of aromatic nitrogens is 1. The molecule has 1 aromatic carbocycles. The van der Waals surface area contributed by atoms with Crippen LogP contribution in [0.4, 0.5) is 5.69 Å². The van der Waals surface area contributed by atoms with E-state index < -0.39 is 0 Å². The third kappa shape index (κ3) is 2.57. The summed E-state index contributed by atoms with van der Waals surface area (Å²) in [6.45, 7) is 1.88. The number of amides is 1. The average Bonchev–Trinajstić information content (AvgIpc) is 2.28. The Bertz CT molecular complexity index is 646. The minimum absolute atomic E-state index is 0.00236. The predicted octanol–water partition coefficient (Wildman–Crippen LogP) is 1.42. The van der Waals surface area contributed by atoms with E-state index in [0.29, 0.717) is 11.2 Å². The lowest BCUT2D eigenvalue weighted by atomic mass is 10.1. The van der Waals surface area contributed by atoms with Crippen LogP contribution in [0.1, 0.15) is 5.56 Å². The summed E-state index contributed by atoms with van der Waals surface area (Å²) in [6.07, 6.45) is 0. The molecular formula is C13H14N2O3. The molecular weight excluding hydrogens is 232 g/mol. The molecule has 5 heteroatoms. The first-order valence-electron chi connectivity index (χ1n) is 5.52. The van der Waals surface area contributed by atoms with E-state index in [0.717, 1.165) is 10.9 Å². The molecule has 0 atom stereocenters. The van der Waals surface area contributed by atoms with Crippen LogP contribution in [0, 0.1) is 6.92 Å². The molecule has 18 heavy (non-hydrogen) atoms. The highest BCUT2D eigenvalue weighted by Crippen LogP contribution is 2.18. The van der Waals surface area contributed by atoms with Crippen LogP contribution in [0.3, 0.4) is 0 Å². The number of aryl methyl sites for hydroxylation is 1. The van der Waals surface area contributed by atoms with Gasteiger partial charge < -0.3 is 15.0 Å². The number of nitrogens with one attached hydrogen (secondary N) is 2. The van der Waals surface area contributed by atoms with Gasteiger partial charge >= 0.3 is 0 Å². The van der Waals surface area contributed by atoms with Crippen molar-refractivity contribution < 1.29 is 9.53 Å². The predicted molar refractivity (Wildman–Crippen MR) is 69.8 cm³/mol. The first kappa shape index (κ1) is 12.3. The van der Waals surface area contributed by atoms with Crippen LogP contribution in [0.5, 0.6) is 0 Å². The van der Waals surface area contributed by atoms with Gasteiger partial charge in [0.15, 0.2) is 0 Å². The Labute approximate surface area is 104 Å². The zero-order valence-electron chi connectivity index (χ0n) is 10.2. The van der Waals surface area contributed by atoms with Crippen molar-refractivity contribution in [1.82, 2.24) is 4.98 Å². The number of aromatic amines is 1. The number of ether oxygens (including phenoxy) is 1. The number of pyridine rings is 1. The number of methoxy groups -OCH3 is 1. The van der Waals surface area contributed by atoms with Gasteiger partial charge in [-0.2, -0.15) is 0 Å². The van der Waals surface area contributed by atoms with Crippen LogP contribution in [-0.2, 0) is 9.53 Å². The summed E-state index contributed by atoms with van der Waals surface area (Å²) in [5, 5.41) is 3.65. The highest BCUT2D eigenvalue weighted by atomic mass is 16.5. The lowest BCUT2D eigenvalue weighted by Gasteiger charge is -2.07. The maximum Gasteiger partial charge on any atom is 0.250 e. The molecule has 1 amide bonds. The first-order chi connectivity index (χ1) is 8.60. The normalized spacial score (nSPS) is 10.6. The fourth-order valence-corrected chi connectivity index (χ4v) is 1.84. The molecule has 2 rings (SSSR count). The molecule has 1 heterocycles. The van der Waals surface area contributed by atoms with E-state index in [-0.39, 0.29) is 18.1 Å². The Morgan fingerprint density at radius 1 is 1.39 bits per heavy atom. The monoisotopic (exact) mass is 246 g/mol. The highest BCUT2D eigenvalue weighted by Gasteiger charge is 2.04. The van der Waals surface area contributed by atoms with Gasteiger partial charge in [-0.05, 0) is 24.6 Å². The number of carbonyl (C=O) groups is 1. The first-order valence-corrected chi connectivity index (χ1v) is 5.52. The van der Waals surface area contributed by atoms with Gasteiger partial charge in [-0.3, -0.25) is 9.59 Å². The van der Waals surface area contributed by atoms with Gasteiger partial charge in [0.25, 0.3) is 0 Å². The van der Waals surface area contributed by atoms with E-state index in [4.69, 9.17) is 4.74 Å². The van der Waals surface area contributed by atoms with Crippen LogP contribution in [0.15, 0.2) is 29.1 Å². The van der Waals surface area contributed by atoms with E-state index in [2.05, 4.69) is 10.3 Å². The van der Waals surface area contributed by atoms with E-state index in [1.54, 1.807) is 18.2 Å². The molecule has 0 fully saturated rings. The van der Waals surface area contributed by atoms with Crippen LogP contribution in [0.2, 0.25) is 0 Å². The van der Waals surface area contributed by atoms with Crippen molar-refractivity contribution in [3.05, 3.63) is 40.2 Å². The number of fused-ring (bicyclic) bond motifs is 1. The molecule has 2 aromatic rings.